The molecule has 1 heterocycles. The third-order valence-electron chi connectivity index (χ3n) is 3.43. The predicted molar refractivity (Wildman–Crippen MR) is 91.1 cm³/mol. The highest BCUT2D eigenvalue weighted by molar-refractivity contribution is 5.88. The smallest absolute Gasteiger partial charge is 0.320 e. The molecular weight excluding hydrogens is 292 g/mol. The number of anilines is 1. The van der Waals surface area contributed by atoms with Crippen molar-refractivity contribution in [3.63, 3.8) is 0 Å². The maximum absolute atomic E-state index is 12.0. The van der Waals surface area contributed by atoms with E-state index in [-0.39, 0.29) is 6.61 Å². The van der Waals surface area contributed by atoms with E-state index in [0.717, 1.165) is 22.5 Å². The van der Waals surface area contributed by atoms with Crippen molar-refractivity contribution in [2.45, 2.75) is 40.2 Å². The minimum Gasteiger partial charge on any atom is -0.394 e. The van der Waals surface area contributed by atoms with Gasteiger partial charge in [-0.05, 0) is 57.9 Å². The van der Waals surface area contributed by atoms with Crippen molar-refractivity contribution in [2.75, 3.05) is 11.9 Å². The predicted octanol–water partition coefficient (Wildman–Crippen LogP) is 2.69. The molecule has 1 aromatic carbocycles. The number of benzene rings is 1. The van der Waals surface area contributed by atoms with Crippen LogP contribution in [0.5, 0.6) is 0 Å². The Morgan fingerprint density at radius 2 is 1.78 bits per heavy atom. The summed E-state index contributed by atoms with van der Waals surface area (Å²) in [5.41, 5.74) is 3.52. The standard InChI is InChI=1S/C17H24N4O2/c1-11-6-12(2)8-14(7-11)21-13(3)9-15(20-21)18-16(23)19-17(4,5)10-22/h6-9,22H,10H2,1-5H3,(H2,18,19,20,23). The average Bonchev–Trinajstić information content (AvgIpc) is 2.77. The average molecular weight is 316 g/mol. The van der Waals surface area contributed by atoms with Gasteiger partial charge < -0.3 is 10.4 Å². The molecule has 0 radical (unpaired) electrons. The third kappa shape index (κ3) is 4.32. The largest absolute Gasteiger partial charge is 0.394 e. The lowest BCUT2D eigenvalue weighted by atomic mass is 10.1. The van der Waals surface area contributed by atoms with E-state index in [1.165, 1.54) is 0 Å². The van der Waals surface area contributed by atoms with E-state index in [9.17, 15) is 9.90 Å². The number of aryl methyl sites for hydroxylation is 3. The zero-order chi connectivity index (χ0) is 17.2. The Morgan fingerprint density at radius 1 is 1.17 bits per heavy atom. The Morgan fingerprint density at radius 3 is 2.35 bits per heavy atom. The lowest BCUT2D eigenvalue weighted by molar-refractivity contribution is 0.187. The van der Waals surface area contributed by atoms with Crippen LogP contribution in [0.15, 0.2) is 24.3 Å². The fourth-order valence-electron chi connectivity index (χ4n) is 2.36. The van der Waals surface area contributed by atoms with Crippen LogP contribution in [-0.4, -0.2) is 33.1 Å². The summed E-state index contributed by atoms with van der Waals surface area (Å²) in [4.78, 5) is 12.0. The molecule has 0 aliphatic heterocycles. The number of nitrogens with zero attached hydrogens (tertiary/aromatic N) is 2. The number of rotatable bonds is 4. The normalized spacial score (nSPS) is 11.4. The SMILES string of the molecule is Cc1cc(C)cc(-n2nc(NC(=O)NC(C)(C)CO)cc2C)c1. The molecule has 124 valence electrons. The van der Waals surface area contributed by atoms with E-state index in [1.807, 2.05) is 39.0 Å². The molecule has 6 heteroatoms. The minimum absolute atomic E-state index is 0.142. The number of hydrogen-bond acceptors (Lipinski definition) is 3. The summed E-state index contributed by atoms with van der Waals surface area (Å²) in [6.07, 6.45) is 0. The van der Waals surface area contributed by atoms with Crippen LogP contribution in [0.1, 0.15) is 30.7 Å². The highest BCUT2D eigenvalue weighted by Gasteiger charge is 2.19. The maximum atomic E-state index is 12.0. The van der Waals surface area contributed by atoms with Crippen LogP contribution in [0.3, 0.4) is 0 Å². The second-order valence-corrected chi connectivity index (χ2v) is 6.55. The number of aromatic nitrogens is 2. The molecule has 6 nitrogen and oxygen atoms in total. The van der Waals surface area contributed by atoms with Gasteiger partial charge in [-0.2, -0.15) is 0 Å². The van der Waals surface area contributed by atoms with E-state index in [4.69, 9.17) is 0 Å². The highest BCUT2D eigenvalue weighted by Crippen LogP contribution is 2.18. The van der Waals surface area contributed by atoms with Gasteiger partial charge in [0.1, 0.15) is 0 Å². The van der Waals surface area contributed by atoms with Crippen LogP contribution in [0, 0.1) is 20.8 Å². The molecule has 0 unspecified atom stereocenters. The molecule has 0 bridgehead atoms. The van der Waals surface area contributed by atoms with Crippen LogP contribution < -0.4 is 10.6 Å². The van der Waals surface area contributed by atoms with Gasteiger partial charge in [0.2, 0.25) is 0 Å². The summed E-state index contributed by atoms with van der Waals surface area (Å²) in [6.45, 7) is 9.36. The zero-order valence-electron chi connectivity index (χ0n) is 14.3. The van der Waals surface area contributed by atoms with Gasteiger partial charge in [0.15, 0.2) is 5.82 Å². The van der Waals surface area contributed by atoms with Crippen molar-refractivity contribution in [2.24, 2.45) is 0 Å². The van der Waals surface area contributed by atoms with Gasteiger partial charge in [-0.25, -0.2) is 9.48 Å². The summed E-state index contributed by atoms with van der Waals surface area (Å²) in [5.74, 6) is 0.466. The van der Waals surface area contributed by atoms with E-state index < -0.39 is 11.6 Å². The van der Waals surface area contributed by atoms with Crippen molar-refractivity contribution in [3.05, 3.63) is 41.1 Å². The highest BCUT2D eigenvalue weighted by atomic mass is 16.3. The summed E-state index contributed by atoms with van der Waals surface area (Å²) in [6, 6.07) is 7.61. The molecular formula is C17H24N4O2. The number of urea groups is 1. The zero-order valence-corrected chi connectivity index (χ0v) is 14.3. The Balaban J connectivity index is 2.20. The maximum Gasteiger partial charge on any atom is 0.320 e. The lowest BCUT2D eigenvalue weighted by Crippen LogP contribution is -2.48. The Hall–Kier alpha value is -2.34. The molecule has 0 fully saturated rings. The number of carbonyl (C=O) groups is 1. The molecule has 0 saturated heterocycles. The van der Waals surface area contributed by atoms with Crippen LogP contribution >= 0.6 is 0 Å². The van der Waals surface area contributed by atoms with E-state index in [2.05, 4.69) is 21.8 Å². The van der Waals surface area contributed by atoms with E-state index >= 15 is 0 Å². The molecule has 2 rings (SSSR count). The number of hydrogen-bond donors (Lipinski definition) is 3. The van der Waals surface area contributed by atoms with Gasteiger partial charge in [0.25, 0.3) is 0 Å². The molecule has 0 saturated carbocycles. The second kappa shape index (κ2) is 6.42. The number of nitrogens with one attached hydrogen (secondary N) is 2. The Labute approximate surface area is 136 Å². The van der Waals surface area contributed by atoms with Gasteiger partial charge >= 0.3 is 6.03 Å². The minimum atomic E-state index is -0.685. The number of carbonyl (C=O) groups excluding carboxylic acids is 1. The number of amides is 2. The molecule has 1 aromatic heterocycles. The molecule has 0 aliphatic carbocycles. The van der Waals surface area contributed by atoms with Gasteiger partial charge in [0, 0.05) is 11.8 Å². The van der Waals surface area contributed by atoms with Crippen molar-refractivity contribution in [1.82, 2.24) is 15.1 Å². The Bertz CT molecular complexity index is 699. The third-order valence-corrected chi connectivity index (χ3v) is 3.43. The fraction of sp³-hybridized carbons (Fsp3) is 0.412. The molecule has 0 spiro atoms. The van der Waals surface area contributed by atoms with Crippen LogP contribution in [0.4, 0.5) is 10.6 Å². The first-order valence-corrected chi connectivity index (χ1v) is 7.55. The van der Waals surface area contributed by atoms with Crippen molar-refractivity contribution >= 4 is 11.8 Å². The first-order valence-electron chi connectivity index (χ1n) is 7.55. The van der Waals surface area contributed by atoms with Crippen molar-refractivity contribution < 1.29 is 9.90 Å². The molecule has 0 atom stereocenters. The van der Waals surface area contributed by atoms with Gasteiger partial charge in [-0.15, -0.1) is 5.10 Å². The molecule has 2 aromatic rings. The first kappa shape index (κ1) is 17.0. The van der Waals surface area contributed by atoms with Gasteiger partial charge in [0.05, 0.1) is 17.8 Å². The van der Waals surface area contributed by atoms with Crippen LogP contribution in [0.25, 0.3) is 5.69 Å². The van der Waals surface area contributed by atoms with Crippen molar-refractivity contribution in [1.29, 1.82) is 0 Å². The quantitative estimate of drug-likeness (QED) is 0.811. The molecule has 23 heavy (non-hydrogen) atoms. The van der Waals surface area contributed by atoms with E-state index in [0.29, 0.717) is 5.82 Å². The fourth-order valence-corrected chi connectivity index (χ4v) is 2.36. The van der Waals surface area contributed by atoms with Crippen LogP contribution in [0.2, 0.25) is 0 Å². The molecule has 3 N–H and O–H groups in total. The summed E-state index contributed by atoms with van der Waals surface area (Å²) in [7, 11) is 0. The lowest BCUT2D eigenvalue weighted by Gasteiger charge is -2.23. The monoisotopic (exact) mass is 316 g/mol. The first-order chi connectivity index (χ1) is 10.7. The topological polar surface area (TPSA) is 79.2 Å². The van der Waals surface area contributed by atoms with Gasteiger partial charge in [-0.1, -0.05) is 6.07 Å². The molecule has 0 aliphatic rings. The van der Waals surface area contributed by atoms with E-state index in [1.54, 1.807) is 18.5 Å². The van der Waals surface area contributed by atoms with Crippen molar-refractivity contribution in [3.8, 4) is 5.69 Å². The summed E-state index contributed by atoms with van der Waals surface area (Å²) >= 11 is 0. The van der Waals surface area contributed by atoms with Gasteiger partial charge in [-0.3, -0.25) is 5.32 Å². The molecule has 2 amide bonds. The Kier molecular flexibility index (Phi) is 4.75. The summed E-state index contributed by atoms with van der Waals surface area (Å²) < 4.78 is 1.80. The number of aliphatic hydroxyl groups is 1. The van der Waals surface area contributed by atoms with Crippen LogP contribution in [-0.2, 0) is 0 Å². The number of aliphatic hydroxyl groups excluding tert-OH is 1. The second-order valence-electron chi connectivity index (χ2n) is 6.55. The summed E-state index contributed by atoms with van der Waals surface area (Å²) in [5, 5.41) is 19.0.